The van der Waals surface area contributed by atoms with Crippen molar-refractivity contribution in [3.8, 4) is 0 Å². The topological polar surface area (TPSA) is 41.6 Å². The van der Waals surface area contributed by atoms with Crippen molar-refractivity contribution in [1.29, 1.82) is 0 Å². The van der Waals surface area contributed by atoms with E-state index < -0.39 is 0 Å². The predicted molar refractivity (Wildman–Crippen MR) is 74.0 cm³/mol. The standard InChI is InChI=1S/C15H26N2O2/c1-15(2,3)19-14(18)17-8-12(9-17)16-13-7-10-4-5-11(13)6-10/h10-13,16H,4-9H2,1-3H3. The number of hydrogen-bond donors (Lipinski definition) is 1. The van der Waals surface area contributed by atoms with Crippen LogP contribution in [0.1, 0.15) is 46.5 Å². The monoisotopic (exact) mass is 266 g/mol. The Kier molecular flexibility index (Phi) is 3.24. The lowest BCUT2D eigenvalue weighted by Gasteiger charge is -2.42. The maximum absolute atomic E-state index is 11.8. The third kappa shape index (κ3) is 2.88. The third-order valence-corrected chi connectivity index (χ3v) is 4.72. The number of ether oxygens (including phenoxy) is 1. The maximum atomic E-state index is 11.8. The third-order valence-electron chi connectivity index (χ3n) is 4.72. The van der Waals surface area contributed by atoms with Gasteiger partial charge in [0.1, 0.15) is 5.60 Å². The molecule has 3 atom stereocenters. The van der Waals surface area contributed by atoms with Crippen LogP contribution in [0.4, 0.5) is 4.79 Å². The number of hydrogen-bond acceptors (Lipinski definition) is 3. The Balaban J connectivity index is 1.40. The summed E-state index contributed by atoms with van der Waals surface area (Å²) in [6.07, 6.45) is 5.47. The maximum Gasteiger partial charge on any atom is 0.410 e. The lowest BCUT2D eigenvalue weighted by molar-refractivity contribution is 0.00339. The summed E-state index contributed by atoms with van der Waals surface area (Å²) in [5.41, 5.74) is -0.389. The highest BCUT2D eigenvalue weighted by molar-refractivity contribution is 5.69. The molecule has 19 heavy (non-hydrogen) atoms. The number of carbonyl (C=O) groups is 1. The van der Waals surface area contributed by atoms with Gasteiger partial charge in [-0.2, -0.15) is 0 Å². The van der Waals surface area contributed by atoms with E-state index >= 15 is 0 Å². The number of carbonyl (C=O) groups excluding carboxylic acids is 1. The van der Waals surface area contributed by atoms with Crippen LogP contribution in [0.15, 0.2) is 0 Å². The van der Waals surface area contributed by atoms with Gasteiger partial charge in [0.25, 0.3) is 0 Å². The van der Waals surface area contributed by atoms with Crippen molar-refractivity contribution < 1.29 is 9.53 Å². The zero-order valence-corrected chi connectivity index (χ0v) is 12.3. The van der Waals surface area contributed by atoms with E-state index in [9.17, 15) is 4.79 Å². The van der Waals surface area contributed by atoms with Crippen molar-refractivity contribution in [3.05, 3.63) is 0 Å². The van der Waals surface area contributed by atoms with Gasteiger partial charge < -0.3 is 15.0 Å². The van der Waals surface area contributed by atoms with Gasteiger partial charge in [-0.3, -0.25) is 0 Å². The molecule has 1 N–H and O–H groups in total. The van der Waals surface area contributed by atoms with Crippen LogP contribution in [-0.4, -0.2) is 41.8 Å². The molecular formula is C15H26N2O2. The summed E-state index contributed by atoms with van der Waals surface area (Å²) in [5, 5.41) is 3.74. The molecule has 0 radical (unpaired) electrons. The minimum atomic E-state index is -0.389. The van der Waals surface area contributed by atoms with E-state index in [0.717, 1.165) is 24.9 Å². The first-order valence-corrected chi connectivity index (χ1v) is 7.65. The van der Waals surface area contributed by atoms with Gasteiger partial charge in [-0.25, -0.2) is 4.79 Å². The molecule has 0 aromatic heterocycles. The highest BCUT2D eigenvalue weighted by Gasteiger charge is 2.42. The second kappa shape index (κ2) is 4.65. The van der Waals surface area contributed by atoms with Gasteiger partial charge in [0, 0.05) is 25.2 Å². The van der Waals surface area contributed by atoms with Crippen molar-refractivity contribution in [1.82, 2.24) is 10.2 Å². The summed E-state index contributed by atoms with van der Waals surface area (Å²) in [6.45, 7) is 7.35. The van der Waals surface area contributed by atoms with Crippen LogP contribution in [-0.2, 0) is 4.74 Å². The fraction of sp³-hybridized carbons (Fsp3) is 0.933. The van der Waals surface area contributed by atoms with Crippen LogP contribution < -0.4 is 5.32 Å². The van der Waals surface area contributed by atoms with Gasteiger partial charge in [0.2, 0.25) is 0 Å². The first kappa shape index (κ1) is 13.2. The molecule has 3 rings (SSSR count). The summed E-state index contributed by atoms with van der Waals surface area (Å²) in [6, 6.07) is 1.20. The zero-order valence-electron chi connectivity index (χ0n) is 12.3. The summed E-state index contributed by atoms with van der Waals surface area (Å²) >= 11 is 0. The van der Waals surface area contributed by atoms with Crippen molar-refractivity contribution in [2.45, 2.75) is 64.1 Å². The summed E-state index contributed by atoms with van der Waals surface area (Å²) in [5.74, 6) is 1.88. The Morgan fingerprint density at radius 3 is 2.47 bits per heavy atom. The van der Waals surface area contributed by atoms with E-state index in [1.807, 2.05) is 20.8 Å². The molecule has 108 valence electrons. The SMILES string of the molecule is CC(C)(C)OC(=O)N1CC(NC2CC3CCC2C3)C1. The molecule has 2 saturated carbocycles. The lowest BCUT2D eigenvalue weighted by Crippen LogP contribution is -2.62. The molecule has 0 aromatic rings. The van der Waals surface area contributed by atoms with Crippen LogP contribution in [0.25, 0.3) is 0 Å². The van der Waals surface area contributed by atoms with Crippen molar-refractivity contribution in [3.63, 3.8) is 0 Å². The summed E-state index contributed by atoms with van der Waals surface area (Å²) in [7, 11) is 0. The largest absolute Gasteiger partial charge is 0.444 e. The highest BCUT2D eigenvalue weighted by Crippen LogP contribution is 2.44. The minimum Gasteiger partial charge on any atom is -0.444 e. The van der Waals surface area contributed by atoms with Crippen molar-refractivity contribution >= 4 is 6.09 Å². The number of nitrogens with zero attached hydrogens (tertiary/aromatic N) is 1. The number of fused-ring (bicyclic) bond motifs is 2. The second-order valence-corrected chi connectivity index (χ2v) is 7.53. The van der Waals surface area contributed by atoms with Gasteiger partial charge in [-0.05, 0) is 51.9 Å². The molecule has 1 saturated heterocycles. The first-order chi connectivity index (χ1) is 8.90. The Labute approximate surface area is 115 Å². The minimum absolute atomic E-state index is 0.168. The molecule has 1 heterocycles. The molecule has 3 fully saturated rings. The number of rotatable bonds is 2. The number of nitrogens with one attached hydrogen (secondary N) is 1. The molecule has 3 aliphatic rings. The smallest absolute Gasteiger partial charge is 0.410 e. The molecule has 2 aliphatic carbocycles. The summed E-state index contributed by atoms with van der Waals surface area (Å²) in [4.78, 5) is 13.6. The highest BCUT2D eigenvalue weighted by atomic mass is 16.6. The molecule has 1 aliphatic heterocycles. The average Bonchev–Trinajstić information content (AvgIpc) is 2.81. The van der Waals surface area contributed by atoms with Crippen LogP contribution >= 0.6 is 0 Å². The normalized spacial score (nSPS) is 34.5. The van der Waals surface area contributed by atoms with E-state index in [0.29, 0.717) is 12.1 Å². The van der Waals surface area contributed by atoms with E-state index in [-0.39, 0.29) is 11.7 Å². The van der Waals surface area contributed by atoms with Gasteiger partial charge >= 0.3 is 6.09 Å². The fourth-order valence-corrected chi connectivity index (χ4v) is 3.81. The quantitative estimate of drug-likeness (QED) is 0.834. The zero-order chi connectivity index (χ0) is 13.6. The molecule has 0 aromatic carbocycles. The van der Waals surface area contributed by atoms with Gasteiger partial charge in [-0.1, -0.05) is 6.42 Å². The predicted octanol–water partition coefficient (Wildman–Crippen LogP) is 2.38. The van der Waals surface area contributed by atoms with E-state index in [4.69, 9.17) is 4.74 Å². The Morgan fingerprint density at radius 2 is 1.95 bits per heavy atom. The molecule has 4 nitrogen and oxygen atoms in total. The van der Waals surface area contributed by atoms with Crippen LogP contribution in [0, 0.1) is 11.8 Å². The van der Waals surface area contributed by atoms with Crippen molar-refractivity contribution in [2.75, 3.05) is 13.1 Å². The van der Waals surface area contributed by atoms with E-state index in [2.05, 4.69) is 5.32 Å². The number of amides is 1. The molecule has 1 amide bonds. The molecular weight excluding hydrogens is 240 g/mol. The van der Waals surface area contributed by atoms with E-state index in [1.165, 1.54) is 25.7 Å². The van der Waals surface area contributed by atoms with Crippen LogP contribution in [0.2, 0.25) is 0 Å². The number of likely N-dealkylation sites (tertiary alicyclic amines) is 1. The summed E-state index contributed by atoms with van der Waals surface area (Å²) < 4.78 is 5.37. The molecule has 3 unspecified atom stereocenters. The van der Waals surface area contributed by atoms with Gasteiger partial charge in [0.05, 0.1) is 0 Å². The molecule has 0 spiro atoms. The average molecular weight is 266 g/mol. The Hall–Kier alpha value is -0.770. The molecule has 2 bridgehead atoms. The second-order valence-electron chi connectivity index (χ2n) is 7.53. The first-order valence-electron chi connectivity index (χ1n) is 7.65. The van der Waals surface area contributed by atoms with Crippen LogP contribution in [0.5, 0.6) is 0 Å². The Bertz CT molecular complexity index is 358. The Morgan fingerprint density at radius 1 is 1.21 bits per heavy atom. The van der Waals surface area contributed by atoms with Gasteiger partial charge in [0.15, 0.2) is 0 Å². The van der Waals surface area contributed by atoms with Crippen molar-refractivity contribution in [2.24, 2.45) is 11.8 Å². The molecule has 4 heteroatoms. The van der Waals surface area contributed by atoms with Crippen LogP contribution in [0.3, 0.4) is 0 Å². The van der Waals surface area contributed by atoms with E-state index in [1.54, 1.807) is 4.90 Å². The fourth-order valence-electron chi connectivity index (χ4n) is 3.81. The van der Waals surface area contributed by atoms with Gasteiger partial charge in [-0.15, -0.1) is 0 Å². The lowest BCUT2D eigenvalue weighted by atomic mass is 9.94.